The Balaban J connectivity index is 2.06. The molecule has 0 heterocycles. The average molecular weight is 455 g/mol. The molecule has 2 aromatic rings. The lowest BCUT2D eigenvalue weighted by Gasteiger charge is -2.31. The fourth-order valence-electron chi connectivity index (χ4n) is 4.72. The predicted molar refractivity (Wildman–Crippen MR) is 140 cm³/mol. The van der Waals surface area contributed by atoms with Gasteiger partial charge in [0.25, 0.3) is 0 Å². The Kier molecular flexibility index (Phi) is 13.0. The normalized spacial score (nSPS) is 11.7. The van der Waals surface area contributed by atoms with Crippen molar-refractivity contribution in [2.24, 2.45) is 0 Å². The van der Waals surface area contributed by atoms with E-state index in [1.54, 1.807) is 0 Å². The molecule has 0 unspecified atom stereocenters. The van der Waals surface area contributed by atoms with Gasteiger partial charge in [-0.2, -0.15) is 0 Å². The van der Waals surface area contributed by atoms with E-state index in [-0.39, 0.29) is 0 Å². The van der Waals surface area contributed by atoms with E-state index >= 15 is 0 Å². The quantitative estimate of drug-likeness (QED) is 0.215. The third-order valence-corrected chi connectivity index (χ3v) is 6.81. The molecule has 0 radical (unpaired) electrons. The van der Waals surface area contributed by atoms with Crippen molar-refractivity contribution in [3.8, 4) is 5.75 Å². The van der Waals surface area contributed by atoms with E-state index in [1.807, 2.05) is 30.3 Å². The lowest BCUT2D eigenvalue weighted by atomic mass is 9.89. The molecular formula is C30H46O3. The number of benzene rings is 2. The van der Waals surface area contributed by atoms with Crippen molar-refractivity contribution >= 4 is 16.7 Å². The molecule has 0 aliphatic carbocycles. The number of fused-ring (bicyclic) bond motifs is 1. The highest BCUT2D eigenvalue weighted by Gasteiger charge is 2.40. The van der Waals surface area contributed by atoms with Crippen molar-refractivity contribution in [2.45, 2.75) is 122 Å². The largest absolute Gasteiger partial charge is 0.478 e. The van der Waals surface area contributed by atoms with Gasteiger partial charge in [0.2, 0.25) is 5.60 Å². The lowest BCUT2D eigenvalue weighted by molar-refractivity contribution is -0.157. The Morgan fingerprint density at radius 1 is 0.697 bits per heavy atom. The Morgan fingerprint density at radius 2 is 1.18 bits per heavy atom. The molecule has 0 bridgehead atoms. The lowest BCUT2D eigenvalue weighted by Crippen LogP contribution is -2.44. The number of rotatable bonds is 19. The van der Waals surface area contributed by atoms with Gasteiger partial charge >= 0.3 is 5.97 Å². The zero-order valence-electron chi connectivity index (χ0n) is 21.1. The molecule has 3 heteroatoms. The van der Waals surface area contributed by atoms with Crippen molar-refractivity contribution in [3.05, 3.63) is 42.5 Å². The molecule has 0 fully saturated rings. The fourth-order valence-corrected chi connectivity index (χ4v) is 4.72. The maximum absolute atomic E-state index is 12.6. The van der Waals surface area contributed by atoms with Crippen LogP contribution in [0, 0.1) is 0 Å². The van der Waals surface area contributed by atoms with Crippen LogP contribution in [0.1, 0.15) is 117 Å². The molecule has 184 valence electrons. The summed E-state index contributed by atoms with van der Waals surface area (Å²) < 4.78 is 6.47. The van der Waals surface area contributed by atoms with Gasteiger partial charge in [-0.15, -0.1) is 0 Å². The van der Waals surface area contributed by atoms with E-state index in [0.29, 0.717) is 18.6 Å². The molecule has 0 atom stereocenters. The minimum atomic E-state index is -1.14. The highest BCUT2D eigenvalue weighted by Crippen LogP contribution is 2.34. The number of carboxylic acids is 1. The Hall–Kier alpha value is -2.03. The van der Waals surface area contributed by atoms with Crippen LogP contribution in [0.4, 0.5) is 0 Å². The smallest absolute Gasteiger partial charge is 0.348 e. The summed E-state index contributed by atoms with van der Waals surface area (Å²) in [6, 6.07) is 14.0. The molecule has 0 saturated carbocycles. The standard InChI is InChI=1S/C30H46O3/c1-3-5-7-9-11-13-17-24-30(29(31)32,25-18-14-12-10-8-6-4-2)33-28-23-19-21-26-20-15-16-22-27(26)28/h15-16,19-23H,3-14,17-18,24-25H2,1-2H3,(H,31,32). The van der Waals surface area contributed by atoms with Crippen LogP contribution in [0.15, 0.2) is 42.5 Å². The minimum Gasteiger partial charge on any atom is -0.478 e. The molecule has 0 aliphatic rings. The Morgan fingerprint density at radius 3 is 1.73 bits per heavy atom. The number of ether oxygens (including phenoxy) is 1. The fraction of sp³-hybridized carbons (Fsp3) is 0.633. The van der Waals surface area contributed by atoms with Gasteiger partial charge in [0.05, 0.1) is 0 Å². The second-order valence-corrected chi connectivity index (χ2v) is 9.62. The van der Waals surface area contributed by atoms with E-state index in [2.05, 4.69) is 26.0 Å². The number of carbonyl (C=O) groups is 1. The molecule has 33 heavy (non-hydrogen) atoms. The van der Waals surface area contributed by atoms with Gasteiger partial charge < -0.3 is 9.84 Å². The van der Waals surface area contributed by atoms with Gasteiger partial charge in [-0.3, -0.25) is 0 Å². The van der Waals surface area contributed by atoms with Crippen LogP contribution in [-0.4, -0.2) is 16.7 Å². The summed E-state index contributed by atoms with van der Waals surface area (Å²) >= 11 is 0. The summed E-state index contributed by atoms with van der Waals surface area (Å²) in [4.78, 5) is 12.6. The van der Waals surface area contributed by atoms with Crippen LogP contribution >= 0.6 is 0 Å². The SMILES string of the molecule is CCCCCCCCCC(CCCCCCCCC)(Oc1cccc2ccccc12)C(=O)O. The first-order chi connectivity index (χ1) is 16.1. The zero-order valence-corrected chi connectivity index (χ0v) is 21.1. The monoisotopic (exact) mass is 454 g/mol. The third kappa shape index (κ3) is 9.39. The zero-order chi connectivity index (χ0) is 23.8. The molecular weight excluding hydrogens is 408 g/mol. The molecule has 0 spiro atoms. The van der Waals surface area contributed by atoms with Gasteiger partial charge in [0, 0.05) is 5.39 Å². The first-order valence-electron chi connectivity index (χ1n) is 13.5. The maximum atomic E-state index is 12.6. The van der Waals surface area contributed by atoms with E-state index in [9.17, 15) is 9.90 Å². The van der Waals surface area contributed by atoms with Crippen LogP contribution in [0.3, 0.4) is 0 Å². The predicted octanol–water partition coefficient (Wildman–Crippen LogP) is 9.32. The van der Waals surface area contributed by atoms with Gasteiger partial charge in [-0.1, -0.05) is 127 Å². The number of unbranched alkanes of at least 4 members (excludes halogenated alkanes) is 12. The molecule has 2 rings (SSSR count). The van der Waals surface area contributed by atoms with Crippen molar-refractivity contribution in [2.75, 3.05) is 0 Å². The van der Waals surface area contributed by atoms with Gasteiger partial charge in [-0.05, 0) is 37.1 Å². The molecule has 3 nitrogen and oxygen atoms in total. The second kappa shape index (κ2) is 15.7. The summed E-state index contributed by atoms with van der Waals surface area (Å²) in [5, 5.41) is 12.5. The van der Waals surface area contributed by atoms with Crippen LogP contribution in [0.25, 0.3) is 10.8 Å². The average Bonchev–Trinajstić information content (AvgIpc) is 2.82. The summed E-state index contributed by atoms with van der Waals surface area (Å²) in [5.41, 5.74) is -1.14. The first kappa shape index (κ1) is 27.2. The first-order valence-corrected chi connectivity index (χ1v) is 13.5. The number of carboxylic acid groups (broad SMARTS) is 1. The van der Waals surface area contributed by atoms with Crippen molar-refractivity contribution in [1.29, 1.82) is 0 Å². The van der Waals surface area contributed by atoms with Gasteiger partial charge in [-0.25, -0.2) is 4.79 Å². The van der Waals surface area contributed by atoms with Gasteiger partial charge in [0.1, 0.15) is 5.75 Å². The minimum absolute atomic E-state index is 0.579. The molecule has 0 saturated heterocycles. The van der Waals surface area contributed by atoms with Crippen LogP contribution in [-0.2, 0) is 4.79 Å². The third-order valence-electron chi connectivity index (χ3n) is 6.81. The molecule has 1 N–H and O–H groups in total. The topological polar surface area (TPSA) is 46.5 Å². The second-order valence-electron chi connectivity index (χ2n) is 9.62. The van der Waals surface area contributed by atoms with Crippen molar-refractivity contribution < 1.29 is 14.6 Å². The summed E-state index contributed by atoms with van der Waals surface area (Å²) in [7, 11) is 0. The number of hydrogen-bond donors (Lipinski definition) is 1. The highest BCUT2D eigenvalue weighted by molar-refractivity contribution is 5.89. The van der Waals surface area contributed by atoms with E-state index in [4.69, 9.17) is 4.74 Å². The Labute approximate surface area is 201 Å². The highest BCUT2D eigenvalue weighted by atomic mass is 16.5. The molecule has 0 aromatic heterocycles. The van der Waals surface area contributed by atoms with E-state index < -0.39 is 11.6 Å². The van der Waals surface area contributed by atoms with Crippen LogP contribution < -0.4 is 4.74 Å². The number of aliphatic carboxylic acids is 1. The summed E-state index contributed by atoms with van der Waals surface area (Å²) in [6.45, 7) is 4.46. The number of hydrogen-bond acceptors (Lipinski definition) is 2. The van der Waals surface area contributed by atoms with Crippen molar-refractivity contribution in [3.63, 3.8) is 0 Å². The van der Waals surface area contributed by atoms with E-state index in [1.165, 1.54) is 64.2 Å². The molecule has 2 aromatic carbocycles. The molecule has 0 aliphatic heterocycles. The Bertz CT molecular complexity index is 775. The van der Waals surface area contributed by atoms with Crippen molar-refractivity contribution in [1.82, 2.24) is 0 Å². The van der Waals surface area contributed by atoms with Crippen LogP contribution in [0.5, 0.6) is 5.75 Å². The summed E-state index contributed by atoms with van der Waals surface area (Å²) in [5.74, 6) is -0.117. The summed E-state index contributed by atoms with van der Waals surface area (Å²) in [6.07, 6.45) is 17.6. The van der Waals surface area contributed by atoms with E-state index in [0.717, 1.165) is 36.5 Å². The molecule has 0 amide bonds. The van der Waals surface area contributed by atoms with Crippen LogP contribution in [0.2, 0.25) is 0 Å². The van der Waals surface area contributed by atoms with Gasteiger partial charge in [0.15, 0.2) is 0 Å². The maximum Gasteiger partial charge on any atom is 0.348 e.